The van der Waals surface area contributed by atoms with Gasteiger partial charge in [0.1, 0.15) is 0 Å². The van der Waals surface area contributed by atoms with Crippen LogP contribution in [0.2, 0.25) is 0 Å². The normalized spacial score (nSPS) is 10.8. The molecule has 2 aromatic rings. The van der Waals surface area contributed by atoms with Crippen molar-refractivity contribution >= 4 is 12.2 Å². The molecule has 5 nitrogen and oxygen atoms in total. The summed E-state index contributed by atoms with van der Waals surface area (Å²) in [6.45, 7) is 6.81. The van der Waals surface area contributed by atoms with Gasteiger partial charge in [0.25, 0.3) is 0 Å². The van der Waals surface area contributed by atoms with Gasteiger partial charge in [0, 0.05) is 12.1 Å². The monoisotopic (exact) mass is 249 g/mol. The van der Waals surface area contributed by atoms with Crippen molar-refractivity contribution in [1.29, 1.82) is 0 Å². The highest BCUT2D eigenvalue weighted by molar-refractivity contribution is 7.71. The Labute approximate surface area is 105 Å². The summed E-state index contributed by atoms with van der Waals surface area (Å²) >= 11 is 5.22. The molecule has 17 heavy (non-hydrogen) atoms. The highest BCUT2D eigenvalue weighted by Gasteiger charge is 2.12. The fourth-order valence-corrected chi connectivity index (χ4v) is 1.95. The van der Waals surface area contributed by atoms with E-state index in [1.165, 1.54) is 0 Å². The average Bonchev–Trinajstić information content (AvgIpc) is 2.65. The molecule has 0 radical (unpaired) electrons. The van der Waals surface area contributed by atoms with Crippen molar-refractivity contribution in [3.05, 3.63) is 22.2 Å². The van der Waals surface area contributed by atoms with E-state index in [-0.39, 0.29) is 0 Å². The van der Waals surface area contributed by atoms with Gasteiger partial charge in [-0.25, -0.2) is 0 Å². The Morgan fingerprint density at radius 3 is 2.82 bits per heavy atom. The third kappa shape index (κ3) is 2.26. The zero-order valence-electron chi connectivity index (χ0n) is 10.2. The average molecular weight is 249 g/mol. The van der Waals surface area contributed by atoms with E-state index in [0.717, 1.165) is 35.7 Å². The smallest absolute Gasteiger partial charge is 0.195 e. The molecule has 0 fully saturated rings. The Kier molecular flexibility index (Phi) is 3.33. The maximum Gasteiger partial charge on any atom is 0.195 e. The molecule has 0 saturated carbocycles. The molecule has 0 aliphatic heterocycles. The van der Waals surface area contributed by atoms with Gasteiger partial charge in [-0.3, -0.25) is 5.10 Å². The van der Waals surface area contributed by atoms with Crippen LogP contribution >= 0.6 is 12.2 Å². The van der Waals surface area contributed by atoms with E-state index in [9.17, 15) is 0 Å². The van der Waals surface area contributed by atoms with Crippen molar-refractivity contribution in [3.8, 4) is 11.4 Å². The maximum absolute atomic E-state index is 5.22. The van der Waals surface area contributed by atoms with Gasteiger partial charge in [-0.15, -0.1) is 0 Å². The quantitative estimate of drug-likeness (QED) is 0.849. The zero-order chi connectivity index (χ0) is 12.4. The lowest BCUT2D eigenvalue weighted by atomic mass is 10.2. The molecule has 0 spiro atoms. The third-order valence-electron chi connectivity index (χ3n) is 2.55. The van der Waals surface area contributed by atoms with Crippen LogP contribution in [-0.4, -0.2) is 25.0 Å². The molecule has 0 unspecified atom stereocenters. The zero-order valence-corrected chi connectivity index (χ0v) is 11.0. The SMILES string of the molecule is CCCn1c(-c2cc(C)nnc2C)n[nH]c1=S. The van der Waals surface area contributed by atoms with Crippen molar-refractivity contribution in [2.45, 2.75) is 33.7 Å². The summed E-state index contributed by atoms with van der Waals surface area (Å²) in [6, 6.07) is 1.99. The molecule has 90 valence electrons. The van der Waals surface area contributed by atoms with E-state index in [4.69, 9.17) is 12.2 Å². The number of hydrogen-bond acceptors (Lipinski definition) is 4. The lowest BCUT2D eigenvalue weighted by Crippen LogP contribution is -2.03. The van der Waals surface area contributed by atoms with Crippen LogP contribution in [0.15, 0.2) is 6.07 Å². The number of nitrogens with zero attached hydrogens (tertiary/aromatic N) is 4. The summed E-state index contributed by atoms with van der Waals surface area (Å²) in [5, 5.41) is 15.3. The second-order valence-corrected chi connectivity index (χ2v) is 4.38. The number of rotatable bonds is 3. The summed E-state index contributed by atoms with van der Waals surface area (Å²) < 4.78 is 2.65. The molecule has 0 saturated heterocycles. The first-order valence-electron chi connectivity index (χ1n) is 5.60. The van der Waals surface area contributed by atoms with Gasteiger partial charge in [-0.1, -0.05) is 6.92 Å². The number of aromatic amines is 1. The van der Waals surface area contributed by atoms with Crippen LogP contribution in [0.3, 0.4) is 0 Å². The fourth-order valence-electron chi connectivity index (χ4n) is 1.73. The lowest BCUT2D eigenvalue weighted by Gasteiger charge is -2.07. The van der Waals surface area contributed by atoms with E-state index >= 15 is 0 Å². The van der Waals surface area contributed by atoms with Crippen LogP contribution in [-0.2, 0) is 6.54 Å². The highest BCUT2D eigenvalue weighted by Crippen LogP contribution is 2.20. The van der Waals surface area contributed by atoms with Gasteiger partial charge >= 0.3 is 0 Å². The van der Waals surface area contributed by atoms with Gasteiger partial charge in [-0.05, 0) is 38.6 Å². The maximum atomic E-state index is 5.22. The van der Waals surface area contributed by atoms with Crippen LogP contribution in [0, 0.1) is 18.6 Å². The second-order valence-electron chi connectivity index (χ2n) is 3.99. The van der Waals surface area contributed by atoms with E-state index < -0.39 is 0 Å². The largest absolute Gasteiger partial charge is 0.300 e. The summed E-state index contributed by atoms with van der Waals surface area (Å²) in [6.07, 6.45) is 1.01. The predicted molar refractivity (Wildman–Crippen MR) is 68.2 cm³/mol. The number of aromatic nitrogens is 5. The number of aryl methyl sites for hydroxylation is 2. The van der Waals surface area contributed by atoms with Gasteiger partial charge < -0.3 is 4.57 Å². The molecule has 0 atom stereocenters. The molecule has 0 aliphatic carbocycles. The lowest BCUT2D eigenvalue weighted by molar-refractivity contribution is 0.674. The van der Waals surface area contributed by atoms with E-state index in [0.29, 0.717) is 4.77 Å². The Bertz CT molecular complexity index is 584. The van der Waals surface area contributed by atoms with E-state index in [1.807, 2.05) is 24.5 Å². The molecule has 0 aromatic carbocycles. The Balaban J connectivity index is 2.60. The molecule has 0 bridgehead atoms. The van der Waals surface area contributed by atoms with Gasteiger partial charge in [0.2, 0.25) is 0 Å². The molecular formula is C11H15N5S. The third-order valence-corrected chi connectivity index (χ3v) is 2.86. The van der Waals surface area contributed by atoms with Crippen LogP contribution in [0.25, 0.3) is 11.4 Å². The van der Waals surface area contributed by atoms with E-state index in [1.54, 1.807) is 0 Å². The molecule has 1 N–H and O–H groups in total. The Morgan fingerprint density at radius 2 is 2.12 bits per heavy atom. The number of hydrogen-bond donors (Lipinski definition) is 1. The standard InChI is InChI=1S/C11H15N5S/c1-4-5-16-10(14-15-11(16)17)9-6-7(2)12-13-8(9)3/h6H,4-5H2,1-3H3,(H,15,17). The van der Waals surface area contributed by atoms with Crippen LogP contribution in [0.5, 0.6) is 0 Å². The number of nitrogens with one attached hydrogen (secondary N) is 1. The van der Waals surface area contributed by atoms with Crippen molar-refractivity contribution in [2.75, 3.05) is 0 Å². The summed E-state index contributed by atoms with van der Waals surface area (Å²) in [5.74, 6) is 0.840. The van der Waals surface area contributed by atoms with Gasteiger partial charge in [-0.2, -0.15) is 15.3 Å². The molecule has 6 heteroatoms. The molecule has 0 aliphatic rings. The summed E-state index contributed by atoms with van der Waals surface area (Å²) in [4.78, 5) is 0. The number of H-pyrrole nitrogens is 1. The highest BCUT2D eigenvalue weighted by atomic mass is 32.1. The summed E-state index contributed by atoms with van der Waals surface area (Å²) in [5.41, 5.74) is 2.72. The summed E-state index contributed by atoms with van der Waals surface area (Å²) in [7, 11) is 0. The molecule has 2 rings (SSSR count). The minimum atomic E-state index is 0.649. The molecule has 2 heterocycles. The first kappa shape index (κ1) is 11.9. The van der Waals surface area contributed by atoms with Crippen LogP contribution in [0.1, 0.15) is 24.7 Å². The fraction of sp³-hybridized carbons (Fsp3) is 0.455. The first-order chi connectivity index (χ1) is 8.13. The molecule has 0 amide bonds. The van der Waals surface area contributed by atoms with Crippen molar-refractivity contribution < 1.29 is 0 Å². The Hall–Kier alpha value is -1.56. The predicted octanol–water partition coefficient (Wildman–Crippen LogP) is 2.42. The molecule has 2 aromatic heterocycles. The minimum Gasteiger partial charge on any atom is -0.300 e. The van der Waals surface area contributed by atoms with Crippen molar-refractivity contribution in [3.63, 3.8) is 0 Å². The van der Waals surface area contributed by atoms with Crippen molar-refractivity contribution in [2.24, 2.45) is 0 Å². The minimum absolute atomic E-state index is 0.649. The van der Waals surface area contributed by atoms with E-state index in [2.05, 4.69) is 27.3 Å². The molecular weight excluding hydrogens is 234 g/mol. The Morgan fingerprint density at radius 1 is 1.35 bits per heavy atom. The first-order valence-corrected chi connectivity index (χ1v) is 6.00. The topological polar surface area (TPSA) is 59.4 Å². The van der Waals surface area contributed by atoms with Gasteiger partial charge in [0.15, 0.2) is 10.6 Å². The second kappa shape index (κ2) is 4.75. The van der Waals surface area contributed by atoms with Crippen LogP contribution < -0.4 is 0 Å². The van der Waals surface area contributed by atoms with Crippen molar-refractivity contribution in [1.82, 2.24) is 25.0 Å². The van der Waals surface area contributed by atoms with Gasteiger partial charge in [0.05, 0.1) is 11.4 Å². The van der Waals surface area contributed by atoms with Crippen LogP contribution in [0.4, 0.5) is 0 Å².